The van der Waals surface area contributed by atoms with Crippen LogP contribution in [0.25, 0.3) is 0 Å². The third kappa shape index (κ3) is 5.34. The van der Waals surface area contributed by atoms with Gasteiger partial charge in [-0.05, 0) is 43.3 Å². The minimum Gasteiger partial charge on any atom is -0.326 e. The molecule has 6 heteroatoms. The topological polar surface area (TPSA) is 75.3 Å². The summed E-state index contributed by atoms with van der Waals surface area (Å²) in [5.41, 5.74) is 1.60. The molecular weight excluding hydrogens is 360 g/mol. The molecule has 23 heavy (non-hydrogen) atoms. The third-order valence-electron chi connectivity index (χ3n) is 3.00. The molecule has 0 bridgehead atoms. The van der Waals surface area contributed by atoms with Crippen molar-refractivity contribution >= 4 is 44.9 Å². The number of ketones is 1. The largest absolute Gasteiger partial charge is 0.326 e. The smallest absolute Gasteiger partial charge is 0.233 e. The van der Waals surface area contributed by atoms with Gasteiger partial charge in [-0.2, -0.15) is 0 Å². The maximum Gasteiger partial charge on any atom is 0.233 e. The fourth-order valence-corrected chi connectivity index (χ4v) is 2.17. The van der Waals surface area contributed by atoms with Gasteiger partial charge in [0.15, 0.2) is 5.78 Å². The second kappa shape index (κ2) is 7.69. The molecule has 0 unspecified atom stereocenters. The standard InChI is InChI=1S/C17H15BrN2O3/c1-11(21)12-3-2-4-15(9-12)20-17(23)10-16(22)19-14-7-5-13(18)6-8-14/h2-9H,10H2,1H3,(H,19,22)(H,20,23). The highest BCUT2D eigenvalue weighted by Gasteiger charge is 2.10. The molecule has 0 aliphatic carbocycles. The summed E-state index contributed by atoms with van der Waals surface area (Å²) >= 11 is 3.30. The normalized spacial score (nSPS) is 10.0. The summed E-state index contributed by atoms with van der Waals surface area (Å²) in [5, 5.41) is 5.24. The zero-order chi connectivity index (χ0) is 16.8. The number of carbonyl (C=O) groups excluding carboxylic acids is 3. The summed E-state index contributed by atoms with van der Waals surface area (Å²) < 4.78 is 0.901. The molecule has 2 aromatic carbocycles. The van der Waals surface area contributed by atoms with E-state index in [1.165, 1.54) is 6.92 Å². The number of anilines is 2. The number of carbonyl (C=O) groups is 3. The monoisotopic (exact) mass is 374 g/mol. The Morgan fingerprint density at radius 1 is 0.913 bits per heavy atom. The molecule has 5 nitrogen and oxygen atoms in total. The molecule has 0 radical (unpaired) electrons. The highest BCUT2D eigenvalue weighted by molar-refractivity contribution is 9.10. The molecule has 2 N–H and O–H groups in total. The van der Waals surface area contributed by atoms with Crippen molar-refractivity contribution in [2.45, 2.75) is 13.3 Å². The van der Waals surface area contributed by atoms with Gasteiger partial charge in [-0.25, -0.2) is 0 Å². The van der Waals surface area contributed by atoms with Crippen LogP contribution in [0, 0.1) is 0 Å². The first-order valence-electron chi connectivity index (χ1n) is 6.90. The fourth-order valence-electron chi connectivity index (χ4n) is 1.91. The Kier molecular flexibility index (Phi) is 5.65. The molecule has 2 aromatic rings. The molecule has 0 saturated carbocycles. The number of hydrogen-bond acceptors (Lipinski definition) is 3. The molecule has 2 amide bonds. The quantitative estimate of drug-likeness (QED) is 0.619. The van der Waals surface area contributed by atoms with Crippen LogP contribution in [-0.4, -0.2) is 17.6 Å². The lowest BCUT2D eigenvalue weighted by Gasteiger charge is -2.07. The molecule has 0 heterocycles. The maximum atomic E-state index is 11.9. The highest BCUT2D eigenvalue weighted by Crippen LogP contribution is 2.15. The first kappa shape index (κ1) is 16.9. The molecule has 0 spiro atoms. The zero-order valence-corrected chi connectivity index (χ0v) is 14.0. The van der Waals surface area contributed by atoms with Gasteiger partial charge in [0.2, 0.25) is 11.8 Å². The van der Waals surface area contributed by atoms with E-state index in [2.05, 4.69) is 26.6 Å². The van der Waals surface area contributed by atoms with Crippen LogP contribution in [-0.2, 0) is 9.59 Å². The first-order valence-corrected chi connectivity index (χ1v) is 7.69. The van der Waals surface area contributed by atoms with Gasteiger partial charge in [-0.1, -0.05) is 28.1 Å². The third-order valence-corrected chi connectivity index (χ3v) is 3.53. The van der Waals surface area contributed by atoms with Crippen LogP contribution in [0.1, 0.15) is 23.7 Å². The van der Waals surface area contributed by atoms with E-state index in [1.54, 1.807) is 48.5 Å². The van der Waals surface area contributed by atoms with Crippen molar-refractivity contribution in [3.8, 4) is 0 Å². The number of amides is 2. The van der Waals surface area contributed by atoms with Crippen molar-refractivity contribution in [3.63, 3.8) is 0 Å². The van der Waals surface area contributed by atoms with E-state index in [0.717, 1.165) is 4.47 Å². The lowest BCUT2D eigenvalue weighted by molar-refractivity contribution is -0.123. The van der Waals surface area contributed by atoms with Crippen molar-refractivity contribution in [1.82, 2.24) is 0 Å². The predicted molar refractivity (Wildman–Crippen MR) is 92.5 cm³/mol. The molecule has 2 rings (SSSR count). The van der Waals surface area contributed by atoms with Crippen molar-refractivity contribution in [3.05, 3.63) is 58.6 Å². The van der Waals surface area contributed by atoms with Gasteiger partial charge in [0.1, 0.15) is 6.42 Å². The molecule has 0 aliphatic heterocycles. The summed E-state index contributed by atoms with van der Waals surface area (Å²) in [4.78, 5) is 35.0. The Morgan fingerprint density at radius 3 is 2.13 bits per heavy atom. The summed E-state index contributed by atoms with van der Waals surface area (Å²) in [5.74, 6) is -0.943. The fraction of sp³-hybridized carbons (Fsp3) is 0.118. The van der Waals surface area contributed by atoms with E-state index >= 15 is 0 Å². The van der Waals surface area contributed by atoms with E-state index < -0.39 is 11.8 Å². The number of Topliss-reactive ketones (excluding diaryl/α,β-unsaturated/α-hetero) is 1. The van der Waals surface area contributed by atoms with Crippen molar-refractivity contribution < 1.29 is 14.4 Å². The molecule has 0 aliphatic rings. The number of nitrogens with one attached hydrogen (secondary N) is 2. The molecule has 0 saturated heterocycles. The van der Waals surface area contributed by atoms with Crippen molar-refractivity contribution in [2.75, 3.05) is 10.6 Å². The van der Waals surface area contributed by atoms with Gasteiger partial charge in [0, 0.05) is 21.4 Å². The Balaban J connectivity index is 1.91. The molecule has 118 valence electrons. The molecule has 0 atom stereocenters. The lowest BCUT2D eigenvalue weighted by atomic mass is 10.1. The Bertz CT molecular complexity index is 742. The minimum atomic E-state index is -0.444. The van der Waals surface area contributed by atoms with Crippen LogP contribution in [0.3, 0.4) is 0 Å². The Hall–Kier alpha value is -2.47. The van der Waals surface area contributed by atoms with Crippen LogP contribution < -0.4 is 10.6 Å². The molecule has 0 fully saturated rings. The number of benzene rings is 2. The van der Waals surface area contributed by atoms with Gasteiger partial charge in [-0.3, -0.25) is 14.4 Å². The van der Waals surface area contributed by atoms with Crippen LogP contribution >= 0.6 is 15.9 Å². The van der Waals surface area contributed by atoms with Gasteiger partial charge >= 0.3 is 0 Å². The maximum absolute atomic E-state index is 11.9. The SMILES string of the molecule is CC(=O)c1cccc(NC(=O)CC(=O)Nc2ccc(Br)cc2)c1. The molecule has 0 aromatic heterocycles. The number of halogens is 1. The van der Waals surface area contributed by atoms with Crippen LogP contribution in [0.4, 0.5) is 11.4 Å². The van der Waals surface area contributed by atoms with Gasteiger partial charge < -0.3 is 10.6 Å². The van der Waals surface area contributed by atoms with Gasteiger partial charge in [-0.15, -0.1) is 0 Å². The van der Waals surface area contributed by atoms with E-state index in [1.807, 2.05) is 0 Å². The van der Waals surface area contributed by atoms with Crippen molar-refractivity contribution in [2.24, 2.45) is 0 Å². The summed E-state index contributed by atoms with van der Waals surface area (Å²) in [7, 11) is 0. The van der Waals surface area contributed by atoms with E-state index in [9.17, 15) is 14.4 Å². The first-order chi connectivity index (χ1) is 10.9. The average molecular weight is 375 g/mol. The second-order valence-electron chi connectivity index (χ2n) is 4.92. The number of hydrogen-bond donors (Lipinski definition) is 2. The van der Waals surface area contributed by atoms with Crippen molar-refractivity contribution in [1.29, 1.82) is 0 Å². The Morgan fingerprint density at radius 2 is 1.52 bits per heavy atom. The second-order valence-corrected chi connectivity index (χ2v) is 5.83. The van der Waals surface area contributed by atoms with Crippen LogP contribution in [0.5, 0.6) is 0 Å². The van der Waals surface area contributed by atoms with E-state index in [-0.39, 0.29) is 12.2 Å². The van der Waals surface area contributed by atoms with Gasteiger partial charge in [0.05, 0.1) is 0 Å². The summed E-state index contributed by atoms with van der Waals surface area (Å²) in [6.45, 7) is 1.45. The molecular formula is C17H15BrN2O3. The summed E-state index contributed by atoms with van der Waals surface area (Å²) in [6, 6.07) is 13.6. The summed E-state index contributed by atoms with van der Waals surface area (Å²) in [6.07, 6.45) is -0.305. The minimum absolute atomic E-state index is 0.0888. The zero-order valence-electron chi connectivity index (χ0n) is 12.4. The van der Waals surface area contributed by atoms with E-state index in [0.29, 0.717) is 16.9 Å². The average Bonchev–Trinajstić information content (AvgIpc) is 2.49. The Labute approximate surface area is 142 Å². The van der Waals surface area contributed by atoms with E-state index in [4.69, 9.17) is 0 Å². The van der Waals surface area contributed by atoms with Gasteiger partial charge in [0.25, 0.3) is 0 Å². The highest BCUT2D eigenvalue weighted by atomic mass is 79.9. The number of rotatable bonds is 5. The van der Waals surface area contributed by atoms with Crippen LogP contribution in [0.15, 0.2) is 53.0 Å². The van der Waals surface area contributed by atoms with Crippen LogP contribution in [0.2, 0.25) is 0 Å². The predicted octanol–water partition coefficient (Wildman–Crippen LogP) is 3.62. The lowest BCUT2D eigenvalue weighted by Crippen LogP contribution is -2.21.